The van der Waals surface area contributed by atoms with Crippen LogP contribution in [0.15, 0.2) is 22.0 Å². The molecule has 2 atom stereocenters. The Kier molecular flexibility index (Phi) is 3.62. The Labute approximate surface area is 122 Å². The Hall–Kier alpha value is -0.890. The molecule has 1 aromatic heterocycles. The van der Waals surface area contributed by atoms with Gasteiger partial charge >= 0.3 is 0 Å². The molecule has 20 heavy (non-hydrogen) atoms. The zero-order valence-electron chi connectivity index (χ0n) is 10.8. The molecule has 0 amide bonds. The Morgan fingerprint density at radius 3 is 2.90 bits per heavy atom. The lowest BCUT2D eigenvalue weighted by Crippen LogP contribution is -2.42. The van der Waals surface area contributed by atoms with E-state index in [-0.39, 0.29) is 16.0 Å². The summed E-state index contributed by atoms with van der Waals surface area (Å²) in [5.41, 5.74) is -0.492. The normalized spacial score (nSPS) is 26.9. The maximum Gasteiger partial charge on any atom is 0.266 e. The van der Waals surface area contributed by atoms with Crippen molar-refractivity contribution in [1.29, 1.82) is 0 Å². The number of halogens is 1. The Morgan fingerprint density at radius 1 is 1.35 bits per heavy atom. The molecule has 0 aliphatic carbocycles. The quantitative estimate of drug-likeness (QED) is 0.852. The highest BCUT2D eigenvalue weighted by Crippen LogP contribution is 2.28. The minimum Gasteiger partial charge on any atom is -0.326 e. The number of aromatic nitrogens is 1. The summed E-state index contributed by atoms with van der Waals surface area (Å²) in [6.07, 6.45) is 4.14. The first-order chi connectivity index (χ1) is 9.47. The van der Waals surface area contributed by atoms with Gasteiger partial charge in [0.05, 0.1) is 4.90 Å². The molecule has 0 spiro atoms. The number of rotatable bonds is 3. The molecule has 0 radical (unpaired) electrons. The van der Waals surface area contributed by atoms with Crippen molar-refractivity contribution in [3.8, 4) is 0 Å². The van der Waals surface area contributed by atoms with Gasteiger partial charge < -0.3 is 4.98 Å². The van der Waals surface area contributed by atoms with Crippen molar-refractivity contribution in [2.45, 2.75) is 36.2 Å². The average molecular weight is 318 g/mol. The Bertz CT molecular complexity index is 673. The van der Waals surface area contributed by atoms with Crippen LogP contribution in [0.2, 0.25) is 5.02 Å². The van der Waals surface area contributed by atoms with Crippen LogP contribution in [0.3, 0.4) is 0 Å². The molecule has 2 unspecified atom stereocenters. The van der Waals surface area contributed by atoms with Crippen LogP contribution in [0.1, 0.15) is 19.3 Å². The van der Waals surface area contributed by atoms with E-state index in [2.05, 4.69) is 14.6 Å². The fourth-order valence-electron chi connectivity index (χ4n) is 3.08. The van der Waals surface area contributed by atoms with Crippen molar-refractivity contribution >= 4 is 21.6 Å². The summed E-state index contributed by atoms with van der Waals surface area (Å²) >= 11 is 5.68. The average Bonchev–Trinajstić information content (AvgIpc) is 2.97. The van der Waals surface area contributed by atoms with Gasteiger partial charge in [-0.05, 0) is 31.9 Å². The number of nitrogens with one attached hydrogen (secondary N) is 2. The second-order valence-corrected chi connectivity index (χ2v) is 7.40. The highest BCUT2D eigenvalue weighted by Gasteiger charge is 2.39. The van der Waals surface area contributed by atoms with Gasteiger partial charge in [0, 0.05) is 24.8 Å². The van der Waals surface area contributed by atoms with Gasteiger partial charge in [-0.2, -0.15) is 0 Å². The van der Waals surface area contributed by atoms with Crippen molar-refractivity contribution in [3.63, 3.8) is 0 Å². The number of aromatic amines is 1. The molecule has 2 saturated heterocycles. The summed E-state index contributed by atoms with van der Waals surface area (Å²) in [6, 6.07) is 1.42. The van der Waals surface area contributed by atoms with Gasteiger partial charge in [-0.25, -0.2) is 13.1 Å². The number of fused-ring (bicyclic) bond motifs is 1. The molecule has 2 aliphatic heterocycles. The first-order valence-electron chi connectivity index (χ1n) is 6.62. The van der Waals surface area contributed by atoms with Gasteiger partial charge in [0.2, 0.25) is 10.0 Å². The van der Waals surface area contributed by atoms with Gasteiger partial charge in [-0.15, -0.1) is 0 Å². The number of nitrogens with zero attached hydrogens (tertiary/aromatic N) is 1. The SMILES string of the molecule is O=c1[nH]cc(S(=O)(=O)NC2CCN3CCCC23)cc1Cl. The van der Waals surface area contributed by atoms with E-state index in [4.69, 9.17) is 11.6 Å². The molecule has 110 valence electrons. The number of hydrogen-bond donors (Lipinski definition) is 2. The maximum absolute atomic E-state index is 12.3. The van der Waals surface area contributed by atoms with E-state index in [0.29, 0.717) is 6.04 Å². The zero-order valence-corrected chi connectivity index (χ0v) is 12.4. The van der Waals surface area contributed by atoms with Crippen molar-refractivity contribution in [2.75, 3.05) is 13.1 Å². The van der Waals surface area contributed by atoms with Crippen molar-refractivity contribution in [3.05, 3.63) is 27.6 Å². The molecule has 0 aromatic carbocycles. The Morgan fingerprint density at radius 2 is 2.15 bits per heavy atom. The van der Waals surface area contributed by atoms with E-state index >= 15 is 0 Å². The number of sulfonamides is 1. The van der Waals surface area contributed by atoms with Crippen LogP contribution in [0.5, 0.6) is 0 Å². The monoisotopic (exact) mass is 317 g/mol. The predicted octanol–water partition coefficient (Wildman–Crippen LogP) is 0.543. The van der Waals surface area contributed by atoms with Crippen LogP contribution in [-0.4, -0.2) is 43.5 Å². The van der Waals surface area contributed by atoms with Crippen LogP contribution in [-0.2, 0) is 10.0 Å². The van der Waals surface area contributed by atoms with Crippen molar-refractivity contribution in [1.82, 2.24) is 14.6 Å². The lowest BCUT2D eigenvalue weighted by molar-refractivity contribution is 0.309. The molecule has 3 heterocycles. The minimum absolute atomic E-state index is 0.00135. The van der Waals surface area contributed by atoms with E-state index in [1.165, 1.54) is 12.3 Å². The molecule has 2 fully saturated rings. The number of hydrogen-bond acceptors (Lipinski definition) is 4. The van der Waals surface area contributed by atoms with Crippen LogP contribution in [0.4, 0.5) is 0 Å². The molecule has 0 saturated carbocycles. The summed E-state index contributed by atoms with van der Waals surface area (Å²) in [6.45, 7) is 1.98. The van der Waals surface area contributed by atoms with Crippen LogP contribution in [0.25, 0.3) is 0 Å². The van der Waals surface area contributed by atoms with Crippen LogP contribution < -0.4 is 10.3 Å². The molecule has 2 aliphatic rings. The highest BCUT2D eigenvalue weighted by atomic mass is 35.5. The summed E-state index contributed by atoms with van der Waals surface area (Å²) in [5.74, 6) is 0. The summed E-state index contributed by atoms with van der Waals surface area (Å²) < 4.78 is 27.4. The lowest BCUT2D eigenvalue weighted by Gasteiger charge is -2.21. The van der Waals surface area contributed by atoms with Gasteiger partial charge in [-0.3, -0.25) is 9.69 Å². The Balaban J connectivity index is 1.82. The van der Waals surface area contributed by atoms with E-state index in [0.717, 1.165) is 32.4 Å². The van der Waals surface area contributed by atoms with Crippen molar-refractivity contribution in [2.24, 2.45) is 0 Å². The second-order valence-electron chi connectivity index (χ2n) is 5.27. The van der Waals surface area contributed by atoms with E-state index in [1.54, 1.807) is 0 Å². The van der Waals surface area contributed by atoms with Gasteiger partial charge in [-0.1, -0.05) is 11.6 Å². The summed E-state index contributed by atoms with van der Waals surface area (Å²) in [4.78, 5) is 15.8. The van der Waals surface area contributed by atoms with Gasteiger partial charge in [0.15, 0.2) is 0 Å². The van der Waals surface area contributed by atoms with E-state index in [1.807, 2.05) is 0 Å². The van der Waals surface area contributed by atoms with Crippen LogP contribution in [0, 0.1) is 0 Å². The molecule has 0 bridgehead atoms. The summed E-state index contributed by atoms with van der Waals surface area (Å²) in [5, 5.41) is -0.123. The summed E-state index contributed by atoms with van der Waals surface area (Å²) in [7, 11) is -3.65. The first-order valence-corrected chi connectivity index (χ1v) is 8.48. The largest absolute Gasteiger partial charge is 0.326 e. The molecule has 6 nitrogen and oxygen atoms in total. The van der Waals surface area contributed by atoms with Gasteiger partial charge in [0.1, 0.15) is 5.02 Å². The molecule has 3 rings (SSSR count). The molecular formula is C12H16ClN3O3S. The van der Waals surface area contributed by atoms with Gasteiger partial charge in [0.25, 0.3) is 5.56 Å². The highest BCUT2D eigenvalue weighted by molar-refractivity contribution is 7.89. The molecule has 1 aromatic rings. The van der Waals surface area contributed by atoms with Crippen molar-refractivity contribution < 1.29 is 8.42 Å². The fraction of sp³-hybridized carbons (Fsp3) is 0.583. The molecular weight excluding hydrogens is 302 g/mol. The first kappa shape index (κ1) is 14.1. The number of pyridine rings is 1. The second kappa shape index (κ2) is 5.14. The third-order valence-corrected chi connectivity index (χ3v) is 5.80. The topological polar surface area (TPSA) is 82.3 Å². The minimum atomic E-state index is -3.65. The lowest BCUT2D eigenvalue weighted by atomic mass is 10.1. The third-order valence-electron chi connectivity index (χ3n) is 4.05. The smallest absolute Gasteiger partial charge is 0.266 e. The molecule has 8 heteroatoms. The fourth-order valence-corrected chi connectivity index (χ4v) is 4.61. The van der Waals surface area contributed by atoms with E-state index < -0.39 is 15.6 Å². The standard InChI is InChI=1S/C12H16ClN3O3S/c13-9-6-8(7-14-12(9)17)20(18,19)15-10-3-5-16-4-1-2-11(10)16/h6-7,10-11,15H,1-5H2,(H,14,17). The third kappa shape index (κ3) is 2.50. The maximum atomic E-state index is 12.3. The number of H-pyrrole nitrogens is 1. The predicted molar refractivity (Wildman–Crippen MR) is 75.4 cm³/mol. The zero-order chi connectivity index (χ0) is 14.3. The van der Waals surface area contributed by atoms with E-state index in [9.17, 15) is 13.2 Å². The molecule has 2 N–H and O–H groups in total. The van der Waals surface area contributed by atoms with Crippen LogP contribution >= 0.6 is 11.6 Å².